The Balaban J connectivity index is 1.68. The Bertz CT molecular complexity index is 827. The number of hydrogen-bond acceptors (Lipinski definition) is 3. The molecule has 0 amide bonds. The van der Waals surface area contributed by atoms with E-state index in [-0.39, 0.29) is 12.1 Å². The van der Waals surface area contributed by atoms with E-state index >= 15 is 0 Å². The summed E-state index contributed by atoms with van der Waals surface area (Å²) in [5, 5.41) is 0. The first kappa shape index (κ1) is 30.1. The van der Waals surface area contributed by atoms with Crippen LogP contribution in [0.25, 0.3) is 0 Å². The quantitative estimate of drug-likeness (QED) is 0.104. The van der Waals surface area contributed by atoms with Crippen LogP contribution in [-0.4, -0.2) is 12.6 Å². The zero-order valence-electron chi connectivity index (χ0n) is 23.2. The molecule has 3 nitrogen and oxygen atoms in total. The summed E-state index contributed by atoms with van der Waals surface area (Å²) >= 11 is 0. The molecule has 0 fully saturated rings. The van der Waals surface area contributed by atoms with E-state index in [2.05, 4.69) is 26.8 Å². The Hall–Kier alpha value is -2.13. The minimum atomic E-state index is -0.304. The first-order valence-corrected chi connectivity index (χ1v) is 14.7. The molecule has 0 heterocycles. The number of carbonyl (C=O) groups excluding carboxylic acids is 1. The van der Waals surface area contributed by atoms with Crippen LogP contribution < -0.4 is 4.74 Å². The lowest BCUT2D eigenvalue weighted by molar-refractivity contribution is 0.0626. The lowest BCUT2D eigenvalue weighted by Gasteiger charge is -2.14. The maximum Gasteiger partial charge on any atom is 0.343 e. The topological polar surface area (TPSA) is 35.5 Å². The molecule has 0 aromatic heterocycles. The number of para-hydroxylation sites is 1. The Morgan fingerprint density at radius 3 is 1.89 bits per heavy atom. The maximum absolute atomic E-state index is 12.8. The van der Waals surface area contributed by atoms with Gasteiger partial charge >= 0.3 is 5.97 Å². The first-order chi connectivity index (χ1) is 17.7. The molecular formula is C33H50O3. The number of unbranched alkanes of at least 4 members (excludes halogenated alkanes) is 12. The van der Waals surface area contributed by atoms with Crippen molar-refractivity contribution in [3.63, 3.8) is 0 Å². The molecule has 0 spiro atoms. The monoisotopic (exact) mass is 494 g/mol. The van der Waals surface area contributed by atoms with E-state index in [4.69, 9.17) is 9.47 Å². The summed E-state index contributed by atoms with van der Waals surface area (Å²) in [6.45, 7) is 7.35. The SMILES string of the molecule is CCCCCCCCCCCCOC(C)c1ccc(C(=O)Oc2ccccc2CCCCCC)cc1. The van der Waals surface area contributed by atoms with Crippen LogP contribution in [0.2, 0.25) is 0 Å². The van der Waals surface area contributed by atoms with Crippen molar-refractivity contribution in [3.05, 3.63) is 65.2 Å². The van der Waals surface area contributed by atoms with Gasteiger partial charge in [-0.15, -0.1) is 0 Å². The van der Waals surface area contributed by atoms with E-state index in [1.807, 2.05) is 42.5 Å². The average molecular weight is 495 g/mol. The minimum Gasteiger partial charge on any atom is -0.423 e. The van der Waals surface area contributed by atoms with Gasteiger partial charge in [-0.05, 0) is 55.5 Å². The molecular weight excluding hydrogens is 444 g/mol. The number of aryl methyl sites for hydroxylation is 1. The van der Waals surface area contributed by atoms with Gasteiger partial charge in [-0.25, -0.2) is 4.79 Å². The second-order valence-electron chi connectivity index (χ2n) is 10.1. The summed E-state index contributed by atoms with van der Waals surface area (Å²) in [5.41, 5.74) is 2.77. The van der Waals surface area contributed by atoms with E-state index in [0.29, 0.717) is 11.3 Å². The van der Waals surface area contributed by atoms with Crippen molar-refractivity contribution in [1.29, 1.82) is 0 Å². The van der Waals surface area contributed by atoms with Crippen molar-refractivity contribution in [1.82, 2.24) is 0 Å². The van der Waals surface area contributed by atoms with Crippen LogP contribution in [0.3, 0.4) is 0 Å². The van der Waals surface area contributed by atoms with Crippen molar-refractivity contribution in [2.75, 3.05) is 6.61 Å². The first-order valence-electron chi connectivity index (χ1n) is 14.7. The molecule has 2 rings (SSSR count). The zero-order valence-corrected chi connectivity index (χ0v) is 23.2. The molecule has 1 atom stereocenters. The van der Waals surface area contributed by atoms with E-state index in [0.717, 1.165) is 37.0 Å². The van der Waals surface area contributed by atoms with Crippen molar-refractivity contribution in [2.45, 2.75) is 123 Å². The number of rotatable bonds is 20. The molecule has 0 bridgehead atoms. The van der Waals surface area contributed by atoms with Gasteiger partial charge in [0.2, 0.25) is 0 Å². The second kappa shape index (κ2) is 19.0. The third-order valence-corrected chi connectivity index (χ3v) is 6.96. The van der Waals surface area contributed by atoms with Gasteiger partial charge < -0.3 is 9.47 Å². The van der Waals surface area contributed by atoms with Crippen LogP contribution in [-0.2, 0) is 11.2 Å². The standard InChI is InChI=1S/C33H50O3/c1-4-6-8-10-11-12-13-14-15-19-27-35-28(3)29-23-25-31(26-24-29)33(34)36-32-22-18-17-21-30(32)20-16-9-7-5-2/h17-18,21-26,28H,4-16,19-20,27H2,1-3H3. The number of esters is 1. The smallest absolute Gasteiger partial charge is 0.343 e. The third kappa shape index (κ3) is 12.2. The normalized spacial score (nSPS) is 12.0. The van der Waals surface area contributed by atoms with Gasteiger partial charge in [0.05, 0.1) is 11.7 Å². The van der Waals surface area contributed by atoms with E-state index in [1.54, 1.807) is 0 Å². The zero-order chi connectivity index (χ0) is 25.8. The van der Waals surface area contributed by atoms with E-state index < -0.39 is 0 Å². The van der Waals surface area contributed by atoms with Crippen LogP contribution in [0.4, 0.5) is 0 Å². The molecule has 0 saturated carbocycles. The predicted molar refractivity (Wildman–Crippen MR) is 152 cm³/mol. The van der Waals surface area contributed by atoms with Gasteiger partial charge in [0.25, 0.3) is 0 Å². The van der Waals surface area contributed by atoms with Gasteiger partial charge in [-0.2, -0.15) is 0 Å². The number of carbonyl (C=O) groups is 1. The Morgan fingerprint density at radius 2 is 1.25 bits per heavy atom. The van der Waals surface area contributed by atoms with Gasteiger partial charge in [0, 0.05) is 6.61 Å². The molecule has 0 aliphatic carbocycles. The molecule has 0 radical (unpaired) electrons. The number of benzene rings is 2. The van der Waals surface area contributed by atoms with E-state index in [1.165, 1.54) is 77.0 Å². The van der Waals surface area contributed by atoms with Crippen molar-refractivity contribution < 1.29 is 14.3 Å². The highest BCUT2D eigenvalue weighted by Crippen LogP contribution is 2.23. The predicted octanol–water partition coefficient (Wildman–Crippen LogP) is 10.0. The van der Waals surface area contributed by atoms with Gasteiger partial charge in [0.15, 0.2) is 0 Å². The summed E-state index contributed by atoms with van der Waals surface area (Å²) in [4.78, 5) is 12.8. The molecule has 0 aliphatic rings. The molecule has 0 N–H and O–H groups in total. The summed E-state index contributed by atoms with van der Waals surface area (Å²) in [5.74, 6) is 0.373. The van der Waals surface area contributed by atoms with Gasteiger partial charge in [-0.1, -0.05) is 121 Å². The van der Waals surface area contributed by atoms with Crippen molar-refractivity contribution in [2.24, 2.45) is 0 Å². The third-order valence-electron chi connectivity index (χ3n) is 6.96. The molecule has 200 valence electrons. The summed E-state index contributed by atoms with van der Waals surface area (Å²) in [7, 11) is 0. The Kier molecular flexibility index (Phi) is 15.9. The molecule has 0 saturated heterocycles. The highest BCUT2D eigenvalue weighted by Gasteiger charge is 2.13. The fourth-order valence-corrected chi connectivity index (χ4v) is 4.55. The van der Waals surface area contributed by atoms with Crippen molar-refractivity contribution >= 4 is 5.97 Å². The fraction of sp³-hybridized carbons (Fsp3) is 0.606. The lowest BCUT2D eigenvalue weighted by atomic mass is 10.1. The highest BCUT2D eigenvalue weighted by atomic mass is 16.5. The maximum atomic E-state index is 12.8. The second-order valence-corrected chi connectivity index (χ2v) is 10.1. The number of hydrogen-bond donors (Lipinski definition) is 0. The van der Waals surface area contributed by atoms with Gasteiger partial charge in [-0.3, -0.25) is 0 Å². The van der Waals surface area contributed by atoms with Crippen LogP contribution in [0.15, 0.2) is 48.5 Å². The number of ether oxygens (including phenoxy) is 2. The molecule has 0 aliphatic heterocycles. The summed E-state index contributed by atoms with van der Waals surface area (Å²) in [6, 6.07) is 15.6. The molecule has 2 aromatic rings. The molecule has 3 heteroatoms. The summed E-state index contributed by atoms with van der Waals surface area (Å²) in [6.07, 6.45) is 19.0. The average Bonchev–Trinajstić information content (AvgIpc) is 2.90. The van der Waals surface area contributed by atoms with Crippen LogP contribution in [0.5, 0.6) is 5.75 Å². The Labute approximate surface area is 221 Å². The molecule has 36 heavy (non-hydrogen) atoms. The van der Waals surface area contributed by atoms with Crippen molar-refractivity contribution in [3.8, 4) is 5.75 Å². The molecule has 2 aromatic carbocycles. The van der Waals surface area contributed by atoms with E-state index in [9.17, 15) is 4.79 Å². The summed E-state index contributed by atoms with van der Waals surface area (Å²) < 4.78 is 11.8. The fourth-order valence-electron chi connectivity index (χ4n) is 4.55. The van der Waals surface area contributed by atoms with Gasteiger partial charge in [0.1, 0.15) is 5.75 Å². The van der Waals surface area contributed by atoms with Crippen LogP contribution in [0, 0.1) is 0 Å². The lowest BCUT2D eigenvalue weighted by Crippen LogP contribution is -2.10. The largest absolute Gasteiger partial charge is 0.423 e. The molecule has 1 unspecified atom stereocenters. The van der Waals surface area contributed by atoms with Crippen LogP contribution in [0.1, 0.15) is 138 Å². The highest BCUT2D eigenvalue weighted by molar-refractivity contribution is 5.91. The Morgan fingerprint density at radius 1 is 0.694 bits per heavy atom. The minimum absolute atomic E-state index is 0.0254. The van der Waals surface area contributed by atoms with Crippen LogP contribution >= 0.6 is 0 Å².